The molecule has 1 unspecified atom stereocenters. The van der Waals surface area contributed by atoms with Crippen LogP contribution in [0.5, 0.6) is 0 Å². The average molecular weight is 326 g/mol. The maximum absolute atomic E-state index is 12.4. The molecule has 0 saturated heterocycles. The van der Waals surface area contributed by atoms with E-state index >= 15 is 0 Å². The number of rotatable bonds is 0. The third-order valence-corrected chi connectivity index (χ3v) is 8.54. The van der Waals surface area contributed by atoms with E-state index < -0.39 is 0 Å². The molecule has 0 bridgehead atoms. The van der Waals surface area contributed by atoms with Gasteiger partial charge in [-0.05, 0) is 74.0 Å². The lowest BCUT2D eigenvalue weighted by molar-refractivity contribution is -0.140. The van der Waals surface area contributed by atoms with Crippen LogP contribution < -0.4 is 5.73 Å². The van der Waals surface area contributed by atoms with Gasteiger partial charge in [-0.1, -0.05) is 20.3 Å². The molecule has 4 aliphatic carbocycles. The fraction of sp³-hybridized carbons (Fsp3) is 0.947. The second kappa shape index (κ2) is 5.48. The van der Waals surface area contributed by atoms with Crippen LogP contribution in [-0.2, 0) is 4.79 Å². The number of fused-ring (bicyclic) bond motifs is 5. The highest BCUT2D eigenvalue weighted by atomic mass is 35.5. The summed E-state index contributed by atoms with van der Waals surface area (Å²) >= 11 is 0. The topological polar surface area (TPSA) is 43.1 Å². The van der Waals surface area contributed by atoms with Crippen LogP contribution in [-0.4, -0.2) is 11.8 Å². The Bertz CT molecular complexity index is 466. The maximum Gasteiger partial charge on any atom is 0.139 e. The molecule has 0 aliphatic heterocycles. The minimum Gasteiger partial charge on any atom is -0.327 e. The Morgan fingerprint density at radius 1 is 1.00 bits per heavy atom. The first kappa shape index (κ1) is 16.8. The third-order valence-electron chi connectivity index (χ3n) is 8.54. The molecule has 0 aromatic heterocycles. The summed E-state index contributed by atoms with van der Waals surface area (Å²) in [5, 5.41) is 0. The summed E-state index contributed by atoms with van der Waals surface area (Å²) < 4.78 is 0. The highest BCUT2D eigenvalue weighted by Gasteiger charge is 2.61. The van der Waals surface area contributed by atoms with Gasteiger partial charge in [0.15, 0.2) is 0 Å². The Hall–Kier alpha value is -0.0800. The minimum atomic E-state index is 0. The Morgan fingerprint density at radius 2 is 1.77 bits per heavy atom. The van der Waals surface area contributed by atoms with Crippen LogP contribution in [0.1, 0.15) is 71.6 Å². The number of carbonyl (C=O) groups excluding carboxylic acids is 1. The van der Waals surface area contributed by atoms with Gasteiger partial charge in [-0.15, -0.1) is 12.4 Å². The molecule has 0 aromatic rings. The number of halogens is 1. The van der Waals surface area contributed by atoms with Crippen LogP contribution in [0.4, 0.5) is 0 Å². The second-order valence-corrected chi connectivity index (χ2v) is 8.97. The van der Waals surface area contributed by atoms with E-state index in [9.17, 15) is 4.79 Å². The molecular formula is C19H32ClNO. The van der Waals surface area contributed by atoms with E-state index in [2.05, 4.69) is 13.8 Å². The van der Waals surface area contributed by atoms with E-state index in [1.807, 2.05) is 0 Å². The van der Waals surface area contributed by atoms with Gasteiger partial charge in [0.1, 0.15) is 5.78 Å². The summed E-state index contributed by atoms with van der Waals surface area (Å²) in [6, 6.07) is 0.394. The van der Waals surface area contributed by atoms with Gasteiger partial charge in [0.25, 0.3) is 0 Å². The molecule has 4 fully saturated rings. The molecule has 4 aliphatic rings. The average Bonchev–Trinajstić information content (AvgIpc) is 2.76. The quantitative estimate of drug-likeness (QED) is 0.719. The Labute approximate surface area is 141 Å². The number of hydrogen-bond donors (Lipinski definition) is 1. The first-order chi connectivity index (χ1) is 9.98. The van der Waals surface area contributed by atoms with E-state index in [4.69, 9.17) is 5.73 Å². The first-order valence-electron chi connectivity index (χ1n) is 9.27. The molecule has 0 aromatic carbocycles. The van der Waals surface area contributed by atoms with E-state index in [1.165, 1.54) is 38.5 Å². The number of hydrogen-bond acceptors (Lipinski definition) is 2. The van der Waals surface area contributed by atoms with Crippen LogP contribution in [0.25, 0.3) is 0 Å². The molecule has 0 heterocycles. The van der Waals surface area contributed by atoms with Gasteiger partial charge < -0.3 is 5.73 Å². The lowest BCUT2D eigenvalue weighted by Gasteiger charge is -2.61. The zero-order chi connectivity index (χ0) is 14.8. The van der Waals surface area contributed by atoms with Crippen molar-refractivity contribution < 1.29 is 4.79 Å². The molecule has 2 N–H and O–H groups in total. The van der Waals surface area contributed by atoms with Crippen LogP contribution in [0.2, 0.25) is 0 Å². The van der Waals surface area contributed by atoms with Gasteiger partial charge in [-0.25, -0.2) is 0 Å². The predicted octanol–water partition coefficient (Wildman–Crippen LogP) is 4.35. The third kappa shape index (κ3) is 1.99. The maximum atomic E-state index is 12.4. The fourth-order valence-corrected chi connectivity index (χ4v) is 7.17. The van der Waals surface area contributed by atoms with Crippen molar-refractivity contribution in [3.05, 3.63) is 0 Å². The Kier molecular flexibility index (Phi) is 4.18. The molecule has 0 radical (unpaired) electrons. The molecule has 7 atom stereocenters. The fourth-order valence-electron chi connectivity index (χ4n) is 7.17. The van der Waals surface area contributed by atoms with Crippen molar-refractivity contribution in [2.24, 2.45) is 40.2 Å². The molecule has 4 rings (SSSR count). The van der Waals surface area contributed by atoms with Gasteiger partial charge in [0, 0.05) is 17.9 Å². The van der Waals surface area contributed by atoms with Crippen LogP contribution >= 0.6 is 12.4 Å². The predicted molar refractivity (Wildman–Crippen MR) is 92.0 cm³/mol. The number of nitrogens with two attached hydrogens (primary N) is 1. The molecule has 22 heavy (non-hydrogen) atoms. The van der Waals surface area contributed by atoms with Crippen molar-refractivity contribution in [3.8, 4) is 0 Å². The van der Waals surface area contributed by atoms with Gasteiger partial charge >= 0.3 is 0 Å². The second-order valence-electron chi connectivity index (χ2n) is 8.97. The van der Waals surface area contributed by atoms with Crippen molar-refractivity contribution in [3.63, 3.8) is 0 Å². The zero-order valence-electron chi connectivity index (χ0n) is 14.1. The highest BCUT2D eigenvalue weighted by molar-refractivity contribution is 5.87. The van der Waals surface area contributed by atoms with Crippen molar-refractivity contribution >= 4 is 18.2 Å². The molecule has 126 valence electrons. The van der Waals surface area contributed by atoms with Gasteiger partial charge in [0.05, 0.1) is 0 Å². The van der Waals surface area contributed by atoms with Crippen LogP contribution in [0.15, 0.2) is 0 Å². The van der Waals surface area contributed by atoms with E-state index in [0.717, 1.165) is 37.0 Å². The SMILES string of the molecule is C[C@]12C(N)CCC[C@@H]1CC[C@@H]1[C@@H]2CC[C@]2(C)C(=O)CC[C@@H]12.Cl. The normalized spacial score (nSPS) is 54.0. The molecule has 4 saturated carbocycles. The minimum absolute atomic E-state index is 0. The monoisotopic (exact) mass is 325 g/mol. The lowest BCUT2D eigenvalue weighted by atomic mass is 9.44. The molecule has 2 nitrogen and oxygen atoms in total. The highest BCUT2D eigenvalue weighted by Crippen LogP contribution is 2.65. The van der Waals surface area contributed by atoms with Crippen molar-refractivity contribution in [2.45, 2.75) is 77.7 Å². The lowest BCUT2D eigenvalue weighted by Crippen LogP contribution is -2.59. The molecular weight excluding hydrogens is 294 g/mol. The van der Waals surface area contributed by atoms with Crippen molar-refractivity contribution in [2.75, 3.05) is 0 Å². The molecule has 3 heteroatoms. The zero-order valence-corrected chi connectivity index (χ0v) is 15.0. The van der Waals surface area contributed by atoms with Crippen LogP contribution in [0, 0.1) is 34.5 Å². The Balaban J connectivity index is 0.00000144. The van der Waals surface area contributed by atoms with E-state index in [0.29, 0.717) is 23.2 Å². The smallest absolute Gasteiger partial charge is 0.139 e. The van der Waals surface area contributed by atoms with Crippen LogP contribution in [0.3, 0.4) is 0 Å². The summed E-state index contributed by atoms with van der Waals surface area (Å²) in [4.78, 5) is 12.4. The summed E-state index contributed by atoms with van der Waals surface area (Å²) in [6.45, 7) is 4.79. The van der Waals surface area contributed by atoms with Crippen molar-refractivity contribution in [1.29, 1.82) is 0 Å². The summed E-state index contributed by atoms with van der Waals surface area (Å²) in [5.41, 5.74) is 7.03. The first-order valence-corrected chi connectivity index (χ1v) is 9.27. The summed E-state index contributed by atoms with van der Waals surface area (Å²) in [7, 11) is 0. The van der Waals surface area contributed by atoms with Gasteiger partial charge in [-0.2, -0.15) is 0 Å². The van der Waals surface area contributed by atoms with E-state index in [1.54, 1.807) is 0 Å². The number of ketones is 1. The van der Waals surface area contributed by atoms with Crippen molar-refractivity contribution in [1.82, 2.24) is 0 Å². The molecule has 0 spiro atoms. The van der Waals surface area contributed by atoms with Gasteiger partial charge in [0.2, 0.25) is 0 Å². The number of Topliss-reactive ketones (excluding diaryl/α,β-unsaturated/α-hetero) is 1. The largest absolute Gasteiger partial charge is 0.327 e. The number of carbonyl (C=O) groups is 1. The standard InChI is InChI=1S/C19H31NO.ClH/c1-18-11-10-15-13(14(18)8-9-17(18)21)7-6-12-4-3-5-16(20)19(12,15)2;/h12-16H,3-11,20H2,1-2H3;1H/t12-,13+,14+,15+,16?,18+,19+;/m1./s1. The van der Waals surface area contributed by atoms with E-state index in [-0.39, 0.29) is 17.8 Å². The Morgan fingerprint density at radius 3 is 2.55 bits per heavy atom. The summed E-state index contributed by atoms with van der Waals surface area (Å²) in [6.07, 6.45) is 11.1. The molecule has 0 amide bonds. The van der Waals surface area contributed by atoms with Gasteiger partial charge in [-0.3, -0.25) is 4.79 Å². The summed E-state index contributed by atoms with van der Waals surface area (Å²) in [5.74, 6) is 3.64.